The Morgan fingerprint density at radius 2 is 1.83 bits per heavy atom. The van der Waals surface area contributed by atoms with Gasteiger partial charge in [-0.1, -0.05) is 13.8 Å². The molecule has 3 heterocycles. The molecule has 166 valence electrons. The number of hydrogen-bond acceptors (Lipinski definition) is 4. The minimum absolute atomic E-state index is 0.0593. The first-order valence-corrected chi connectivity index (χ1v) is 11.8. The van der Waals surface area contributed by atoms with Crippen molar-refractivity contribution >= 4 is 11.0 Å². The van der Waals surface area contributed by atoms with Gasteiger partial charge >= 0.3 is 0 Å². The largest absolute Gasteiger partial charge is 0.396 e. The minimum Gasteiger partial charge on any atom is -0.396 e. The van der Waals surface area contributed by atoms with Crippen LogP contribution in [0, 0.1) is 17.7 Å². The zero-order chi connectivity index (χ0) is 21.3. The number of nitrogens with two attached hydrogens (primary N) is 1. The predicted molar refractivity (Wildman–Crippen MR) is 119 cm³/mol. The van der Waals surface area contributed by atoms with E-state index in [1.807, 2.05) is 0 Å². The number of piperidine rings is 1. The summed E-state index contributed by atoms with van der Waals surface area (Å²) in [5, 5.41) is 10.5. The lowest BCUT2D eigenvalue weighted by Gasteiger charge is -2.42. The average molecular weight is 417 g/mol. The summed E-state index contributed by atoms with van der Waals surface area (Å²) in [6, 6.07) is 2.60. The Labute approximate surface area is 179 Å². The van der Waals surface area contributed by atoms with Crippen LogP contribution in [0.25, 0.3) is 11.0 Å². The Balaban J connectivity index is 1.51. The summed E-state index contributed by atoms with van der Waals surface area (Å²) in [6.07, 6.45) is 9.33. The van der Waals surface area contributed by atoms with E-state index in [2.05, 4.69) is 28.3 Å². The van der Waals surface area contributed by atoms with E-state index in [0.717, 1.165) is 66.1 Å². The van der Waals surface area contributed by atoms with Gasteiger partial charge in [0.2, 0.25) is 0 Å². The van der Waals surface area contributed by atoms with Crippen LogP contribution in [0.4, 0.5) is 4.39 Å². The fraction of sp³-hybridized carbons (Fsp3) is 0.708. The molecule has 0 radical (unpaired) electrons. The molecule has 0 aromatic carbocycles. The monoisotopic (exact) mass is 416 g/mol. The van der Waals surface area contributed by atoms with Crippen molar-refractivity contribution in [1.82, 2.24) is 14.5 Å². The van der Waals surface area contributed by atoms with Crippen LogP contribution < -0.4 is 5.73 Å². The van der Waals surface area contributed by atoms with E-state index in [1.54, 1.807) is 6.07 Å². The molecule has 0 spiro atoms. The zero-order valence-corrected chi connectivity index (χ0v) is 18.5. The third kappa shape index (κ3) is 4.14. The van der Waals surface area contributed by atoms with Crippen molar-refractivity contribution in [1.29, 1.82) is 0 Å². The number of aliphatic hydroxyl groups excluding tert-OH is 1. The van der Waals surface area contributed by atoms with Gasteiger partial charge in [-0.15, -0.1) is 0 Å². The molecule has 30 heavy (non-hydrogen) atoms. The number of nitrogens with zero attached hydrogens (tertiary/aromatic N) is 3. The zero-order valence-electron chi connectivity index (χ0n) is 18.5. The molecule has 3 N–H and O–H groups in total. The number of hydrogen-bond donors (Lipinski definition) is 2. The van der Waals surface area contributed by atoms with Gasteiger partial charge in [-0.25, -0.2) is 9.37 Å². The van der Waals surface area contributed by atoms with Crippen molar-refractivity contribution in [3.05, 3.63) is 29.3 Å². The van der Waals surface area contributed by atoms with Crippen molar-refractivity contribution in [2.24, 2.45) is 17.6 Å². The lowest BCUT2D eigenvalue weighted by molar-refractivity contribution is 0.0887. The molecular formula is C24H37FN4O. The molecule has 2 aromatic rings. The van der Waals surface area contributed by atoms with Crippen LogP contribution >= 0.6 is 0 Å². The third-order valence-corrected chi connectivity index (χ3v) is 7.64. The lowest BCUT2D eigenvalue weighted by Crippen LogP contribution is -2.44. The molecule has 4 rings (SSSR count). The van der Waals surface area contributed by atoms with Crippen LogP contribution in [0.15, 0.2) is 12.3 Å². The average Bonchev–Trinajstić information content (AvgIpc) is 3.06. The predicted octanol–water partition coefficient (Wildman–Crippen LogP) is 4.02. The SMILES string of the molecule is CC(C)C1CCC(N2CCC(n3c(CCO)c(CN)c4cc(F)cnc43)CC2)CC1. The summed E-state index contributed by atoms with van der Waals surface area (Å²) in [5.41, 5.74) is 8.82. The summed E-state index contributed by atoms with van der Waals surface area (Å²) in [5.74, 6) is 1.36. The Bertz CT molecular complexity index is 848. The van der Waals surface area contributed by atoms with Crippen LogP contribution in [0.3, 0.4) is 0 Å². The van der Waals surface area contributed by atoms with Crippen molar-refractivity contribution in [2.75, 3.05) is 19.7 Å². The molecule has 1 aliphatic heterocycles. The fourth-order valence-electron chi connectivity index (χ4n) is 5.92. The molecule has 5 nitrogen and oxygen atoms in total. The summed E-state index contributed by atoms with van der Waals surface area (Å²) >= 11 is 0. The van der Waals surface area contributed by atoms with E-state index in [-0.39, 0.29) is 12.4 Å². The van der Waals surface area contributed by atoms with Gasteiger partial charge in [0.1, 0.15) is 11.5 Å². The minimum atomic E-state index is -0.336. The Morgan fingerprint density at radius 1 is 1.13 bits per heavy atom. The van der Waals surface area contributed by atoms with Crippen LogP contribution in [0.5, 0.6) is 0 Å². The highest BCUT2D eigenvalue weighted by Crippen LogP contribution is 2.37. The second kappa shape index (κ2) is 9.33. The summed E-state index contributed by atoms with van der Waals surface area (Å²) in [6.45, 7) is 7.30. The van der Waals surface area contributed by atoms with E-state index >= 15 is 0 Å². The standard InChI is InChI=1S/C24H37FN4O/c1-16(2)17-3-5-19(6-4-17)28-10-7-20(8-11-28)29-23(9-12-30)22(14-26)21-13-18(25)15-27-24(21)29/h13,15-17,19-20,30H,3-12,14,26H2,1-2H3. The maximum Gasteiger partial charge on any atom is 0.142 e. The highest BCUT2D eigenvalue weighted by atomic mass is 19.1. The van der Waals surface area contributed by atoms with Crippen molar-refractivity contribution in [3.8, 4) is 0 Å². The normalized spacial score (nSPS) is 24.2. The molecule has 6 heteroatoms. The van der Waals surface area contributed by atoms with Crippen LogP contribution in [-0.2, 0) is 13.0 Å². The molecule has 1 saturated carbocycles. The number of aromatic nitrogens is 2. The van der Waals surface area contributed by atoms with Crippen molar-refractivity contribution in [2.45, 2.75) is 77.4 Å². The van der Waals surface area contributed by atoms with E-state index < -0.39 is 0 Å². The van der Waals surface area contributed by atoms with E-state index in [0.29, 0.717) is 19.0 Å². The fourth-order valence-corrected chi connectivity index (χ4v) is 5.92. The van der Waals surface area contributed by atoms with Gasteiger partial charge < -0.3 is 20.3 Å². The van der Waals surface area contributed by atoms with Gasteiger partial charge in [0.05, 0.1) is 6.20 Å². The quantitative estimate of drug-likeness (QED) is 0.746. The second-order valence-corrected chi connectivity index (χ2v) is 9.58. The first kappa shape index (κ1) is 21.7. The highest BCUT2D eigenvalue weighted by molar-refractivity contribution is 5.82. The molecule has 0 amide bonds. The third-order valence-electron chi connectivity index (χ3n) is 7.64. The van der Waals surface area contributed by atoms with Gasteiger partial charge in [0, 0.05) is 55.8 Å². The van der Waals surface area contributed by atoms with Gasteiger partial charge in [-0.2, -0.15) is 0 Å². The first-order chi connectivity index (χ1) is 14.5. The summed E-state index contributed by atoms with van der Waals surface area (Å²) < 4.78 is 16.2. The first-order valence-electron chi connectivity index (χ1n) is 11.8. The Hall–Kier alpha value is -1.50. The molecule has 0 bridgehead atoms. The smallest absolute Gasteiger partial charge is 0.142 e. The van der Waals surface area contributed by atoms with E-state index in [1.165, 1.54) is 31.9 Å². The molecule has 2 aliphatic rings. The number of halogens is 1. The maximum absolute atomic E-state index is 13.9. The van der Waals surface area contributed by atoms with Crippen LogP contribution in [0.1, 0.15) is 69.7 Å². The number of likely N-dealkylation sites (tertiary alicyclic amines) is 1. The van der Waals surface area contributed by atoms with E-state index in [4.69, 9.17) is 5.73 Å². The summed E-state index contributed by atoms with van der Waals surface area (Å²) in [4.78, 5) is 7.13. The number of fused-ring (bicyclic) bond motifs is 1. The van der Waals surface area contributed by atoms with Gasteiger partial charge in [0.25, 0.3) is 0 Å². The van der Waals surface area contributed by atoms with Gasteiger partial charge in [-0.05, 0) is 62.0 Å². The van der Waals surface area contributed by atoms with Gasteiger partial charge in [0.15, 0.2) is 0 Å². The molecule has 1 aliphatic carbocycles. The number of aliphatic hydroxyl groups is 1. The second-order valence-electron chi connectivity index (χ2n) is 9.58. The topological polar surface area (TPSA) is 67.3 Å². The molecule has 1 saturated heterocycles. The maximum atomic E-state index is 13.9. The van der Waals surface area contributed by atoms with Crippen LogP contribution in [0.2, 0.25) is 0 Å². The Kier molecular flexibility index (Phi) is 6.75. The van der Waals surface area contributed by atoms with Crippen molar-refractivity contribution in [3.63, 3.8) is 0 Å². The molecule has 2 fully saturated rings. The van der Waals surface area contributed by atoms with Crippen LogP contribution in [-0.4, -0.2) is 45.3 Å². The highest BCUT2D eigenvalue weighted by Gasteiger charge is 2.32. The molecule has 0 atom stereocenters. The summed E-state index contributed by atoms with van der Waals surface area (Å²) in [7, 11) is 0. The van der Waals surface area contributed by atoms with Crippen molar-refractivity contribution < 1.29 is 9.50 Å². The number of rotatable bonds is 6. The lowest BCUT2D eigenvalue weighted by atomic mass is 9.79. The number of pyridine rings is 1. The van der Waals surface area contributed by atoms with Gasteiger partial charge in [-0.3, -0.25) is 0 Å². The van der Waals surface area contributed by atoms with E-state index in [9.17, 15) is 9.50 Å². The Morgan fingerprint density at radius 3 is 2.43 bits per heavy atom. The molecule has 2 aromatic heterocycles. The molecule has 0 unspecified atom stereocenters. The molecular weight excluding hydrogens is 379 g/mol.